The minimum atomic E-state index is -0.505. The van der Waals surface area contributed by atoms with E-state index in [-0.39, 0.29) is 0 Å². The molecule has 4 heteroatoms. The largest absolute Gasteiger partial charge is 0.504 e. The first-order valence-corrected chi connectivity index (χ1v) is 8.66. The maximum atomic E-state index is 11.9. The van der Waals surface area contributed by atoms with Crippen LogP contribution < -0.4 is 4.74 Å². The van der Waals surface area contributed by atoms with Crippen LogP contribution in [0.1, 0.15) is 11.1 Å². The van der Waals surface area contributed by atoms with Crippen LogP contribution in [0.4, 0.5) is 0 Å². The lowest BCUT2D eigenvalue weighted by Crippen LogP contribution is -2.04. The van der Waals surface area contributed by atoms with Gasteiger partial charge in [0.1, 0.15) is 5.75 Å². The highest BCUT2D eigenvalue weighted by atomic mass is 79.9. The second kappa shape index (κ2) is 8.37. The van der Waals surface area contributed by atoms with Crippen molar-refractivity contribution in [2.24, 2.45) is 0 Å². The highest BCUT2D eigenvalue weighted by molar-refractivity contribution is 9.10. The van der Waals surface area contributed by atoms with Crippen molar-refractivity contribution in [2.45, 2.75) is 0 Å². The van der Waals surface area contributed by atoms with E-state index in [9.17, 15) is 4.79 Å². The zero-order valence-corrected chi connectivity index (χ0v) is 15.6. The van der Waals surface area contributed by atoms with Crippen LogP contribution in [0.3, 0.4) is 0 Å². The van der Waals surface area contributed by atoms with Crippen molar-refractivity contribution in [1.29, 1.82) is 0 Å². The van der Waals surface area contributed by atoms with Crippen LogP contribution in [-0.2, 0) is 9.53 Å². The topological polar surface area (TPSA) is 35.5 Å². The summed E-state index contributed by atoms with van der Waals surface area (Å²) < 4.78 is 11.2. The maximum Gasteiger partial charge on any atom is 0.339 e. The minimum Gasteiger partial charge on any atom is -0.504 e. The molecule has 0 aliphatic carbocycles. The zero-order chi connectivity index (χ0) is 18.4. The lowest BCUT2D eigenvalue weighted by Gasteiger charge is -2.07. The summed E-state index contributed by atoms with van der Waals surface area (Å²) in [6.45, 7) is 0. The molecule has 0 bridgehead atoms. The number of methoxy groups -OCH3 is 1. The van der Waals surface area contributed by atoms with Gasteiger partial charge in [0.15, 0.2) is 0 Å². The lowest BCUT2D eigenvalue weighted by atomic mass is 10.1. The van der Waals surface area contributed by atoms with E-state index in [1.807, 2.05) is 54.6 Å². The fourth-order valence-corrected chi connectivity index (χ4v) is 2.81. The number of esters is 1. The van der Waals surface area contributed by atoms with Gasteiger partial charge in [0.2, 0.25) is 0 Å². The van der Waals surface area contributed by atoms with Crippen LogP contribution in [0.5, 0.6) is 5.75 Å². The predicted molar refractivity (Wildman–Crippen MR) is 106 cm³/mol. The van der Waals surface area contributed by atoms with Gasteiger partial charge in [-0.25, -0.2) is 4.79 Å². The van der Waals surface area contributed by atoms with Crippen LogP contribution in [-0.4, -0.2) is 13.1 Å². The minimum absolute atomic E-state index is 0.465. The van der Waals surface area contributed by atoms with Gasteiger partial charge in [-0.1, -0.05) is 58.1 Å². The molecule has 0 radical (unpaired) electrons. The number of halogens is 1. The predicted octanol–water partition coefficient (Wildman–Crippen LogP) is 5.07. The Kier molecular flexibility index (Phi) is 5.73. The van der Waals surface area contributed by atoms with E-state index in [0.29, 0.717) is 5.75 Å². The van der Waals surface area contributed by atoms with Crippen molar-refractivity contribution in [3.8, 4) is 17.6 Å². The summed E-state index contributed by atoms with van der Waals surface area (Å²) in [5.41, 5.74) is 1.66. The average molecular weight is 407 g/mol. The van der Waals surface area contributed by atoms with E-state index in [4.69, 9.17) is 9.47 Å². The molecule has 0 aromatic heterocycles. The number of hydrogen-bond donors (Lipinski definition) is 0. The number of ether oxygens (including phenoxy) is 2. The summed E-state index contributed by atoms with van der Waals surface area (Å²) in [6.07, 6.45) is 2.51. The molecule has 0 saturated heterocycles. The number of fused-ring (bicyclic) bond motifs is 1. The Morgan fingerprint density at radius 2 is 1.81 bits per heavy atom. The van der Waals surface area contributed by atoms with E-state index in [1.165, 1.54) is 19.4 Å². The van der Waals surface area contributed by atoms with Gasteiger partial charge in [0.05, 0.1) is 19.4 Å². The fourth-order valence-electron chi connectivity index (χ4n) is 2.41. The third-order valence-corrected chi connectivity index (χ3v) is 4.04. The molecular weight excluding hydrogens is 392 g/mol. The Morgan fingerprint density at radius 1 is 1.00 bits per heavy atom. The van der Waals surface area contributed by atoms with Gasteiger partial charge in [0.25, 0.3) is 0 Å². The average Bonchev–Trinajstić information content (AvgIpc) is 2.65. The molecule has 128 valence electrons. The van der Waals surface area contributed by atoms with Gasteiger partial charge < -0.3 is 9.47 Å². The molecule has 0 fully saturated rings. The molecule has 0 heterocycles. The van der Waals surface area contributed by atoms with Crippen molar-refractivity contribution >= 4 is 32.7 Å². The van der Waals surface area contributed by atoms with E-state index in [1.54, 1.807) is 6.07 Å². The van der Waals surface area contributed by atoms with Gasteiger partial charge in [-0.05, 0) is 35.7 Å². The van der Waals surface area contributed by atoms with Gasteiger partial charge in [-0.2, -0.15) is 0 Å². The molecule has 0 amide bonds. The summed E-state index contributed by atoms with van der Waals surface area (Å²) in [6, 6.07) is 19.2. The van der Waals surface area contributed by atoms with Gasteiger partial charge in [-0.15, -0.1) is 0 Å². The Balaban J connectivity index is 1.99. The summed E-state index contributed by atoms with van der Waals surface area (Å²) in [4.78, 5) is 11.9. The van der Waals surface area contributed by atoms with Crippen molar-refractivity contribution in [1.82, 2.24) is 0 Å². The molecule has 0 aliphatic heterocycles. The van der Waals surface area contributed by atoms with E-state index >= 15 is 0 Å². The number of carbonyl (C=O) groups is 1. The number of rotatable bonds is 3. The second-order valence-electron chi connectivity index (χ2n) is 5.42. The van der Waals surface area contributed by atoms with E-state index in [2.05, 4.69) is 27.8 Å². The van der Waals surface area contributed by atoms with Crippen molar-refractivity contribution in [2.75, 3.05) is 7.11 Å². The standard InChI is InChI=1S/C22H15BrO3/c1-25-12-11-22(24)26-21-15-17(13-18-6-2-3-8-20(18)21)10-9-16-5-4-7-19(23)14-16/h2-8,11-15H,1H3/b12-11+. The number of benzene rings is 3. The molecule has 0 atom stereocenters. The van der Waals surface area contributed by atoms with E-state index < -0.39 is 5.97 Å². The van der Waals surface area contributed by atoms with Crippen LogP contribution in [0.15, 0.2) is 77.5 Å². The van der Waals surface area contributed by atoms with Crippen molar-refractivity contribution < 1.29 is 14.3 Å². The van der Waals surface area contributed by atoms with E-state index in [0.717, 1.165) is 26.4 Å². The van der Waals surface area contributed by atoms with Crippen molar-refractivity contribution in [3.05, 3.63) is 88.6 Å². The summed E-state index contributed by atoms with van der Waals surface area (Å²) >= 11 is 3.44. The normalized spacial score (nSPS) is 10.4. The zero-order valence-electron chi connectivity index (χ0n) is 14.0. The summed E-state index contributed by atoms with van der Waals surface area (Å²) in [7, 11) is 1.47. The molecule has 0 spiro atoms. The second-order valence-corrected chi connectivity index (χ2v) is 6.33. The maximum absolute atomic E-state index is 11.9. The third-order valence-electron chi connectivity index (χ3n) is 3.55. The Morgan fingerprint density at radius 3 is 2.62 bits per heavy atom. The first-order chi connectivity index (χ1) is 12.7. The van der Waals surface area contributed by atoms with Crippen LogP contribution >= 0.6 is 15.9 Å². The Hall–Kier alpha value is -3.03. The lowest BCUT2D eigenvalue weighted by molar-refractivity contribution is -0.129. The van der Waals surface area contributed by atoms with Gasteiger partial charge in [-0.3, -0.25) is 0 Å². The summed E-state index contributed by atoms with van der Waals surface area (Å²) in [5.74, 6) is 6.22. The van der Waals surface area contributed by atoms with Crippen LogP contribution in [0.2, 0.25) is 0 Å². The van der Waals surface area contributed by atoms with Crippen molar-refractivity contribution in [3.63, 3.8) is 0 Å². The number of hydrogen-bond acceptors (Lipinski definition) is 3. The van der Waals surface area contributed by atoms with Crippen LogP contribution in [0.25, 0.3) is 10.8 Å². The molecule has 0 aliphatic rings. The molecule has 0 saturated carbocycles. The molecular formula is C22H15BrO3. The first kappa shape index (κ1) is 17.8. The fraction of sp³-hybridized carbons (Fsp3) is 0.0455. The molecule has 0 N–H and O–H groups in total. The van der Waals surface area contributed by atoms with Gasteiger partial charge >= 0.3 is 5.97 Å². The number of carbonyl (C=O) groups excluding carboxylic acids is 1. The Bertz CT molecular complexity index is 1040. The molecule has 3 nitrogen and oxygen atoms in total. The Labute approximate surface area is 160 Å². The molecule has 3 aromatic carbocycles. The molecule has 3 aromatic rings. The molecule has 3 rings (SSSR count). The smallest absolute Gasteiger partial charge is 0.339 e. The highest BCUT2D eigenvalue weighted by Gasteiger charge is 2.08. The molecule has 0 unspecified atom stereocenters. The van der Waals surface area contributed by atoms with Crippen LogP contribution in [0, 0.1) is 11.8 Å². The monoisotopic (exact) mass is 406 g/mol. The summed E-state index contributed by atoms with van der Waals surface area (Å²) in [5, 5.41) is 1.80. The molecule has 26 heavy (non-hydrogen) atoms. The SMILES string of the molecule is CO/C=C/C(=O)Oc1cc(C#Cc2cccc(Br)c2)cc2ccccc12. The van der Waals surface area contributed by atoms with Gasteiger partial charge in [0, 0.05) is 21.0 Å². The first-order valence-electron chi connectivity index (χ1n) is 7.87. The highest BCUT2D eigenvalue weighted by Crippen LogP contribution is 2.27. The third kappa shape index (κ3) is 4.53. The quantitative estimate of drug-likeness (QED) is 0.200.